The Hall–Kier alpha value is -1.82. The van der Waals surface area contributed by atoms with Gasteiger partial charge in [-0.05, 0) is 18.6 Å². The SMILES string of the molecule is CC(=O)Cc1ccc(CC#N)cc1O. The molecule has 1 aromatic rings. The van der Waals surface area contributed by atoms with E-state index in [9.17, 15) is 9.90 Å². The van der Waals surface area contributed by atoms with Crippen molar-refractivity contribution in [2.24, 2.45) is 0 Å². The minimum absolute atomic E-state index is 0.00772. The van der Waals surface area contributed by atoms with E-state index in [1.165, 1.54) is 13.0 Å². The molecule has 3 nitrogen and oxygen atoms in total. The number of carbonyl (C=O) groups is 1. The first-order chi connectivity index (χ1) is 6.63. The lowest BCUT2D eigenvalue weighted by molar-refractivity contribution is -0.116. The van der Waals surface area contributed by atoms with E-state index in [-0.39, 0.29) is 24.4 Å². The van der Waals surface area contributed by atoms with Gasteiger partial charge in [-0.2, -0.15) is 5.26 Å². The number of hydrogen-bond acceptors (Lipinski definition) is 3. The molecule has 0 atom stereocenters. The molecule has 0 bridgehead atoms. The molecule has 0 radical (unpaired) electrons. The molecule has 0 aliphatic carbocycles. The van der Waals surface area contributed by atoms with Crippen LogP contribution in [0.4, 0.5) is 0 Å². The Morgan fingerprint density at radius 2 is 2.29 bits per heavy atom. The van der Waals surface area contributed by atoms with Gasteiger partial charge in [-0.1, -0.05) is 12.1 Å². The first-order valence-corrected chi connectivity index (χ1v) is 4.30. The minimum atomic E-state index is 0.00772. The molecule has 0 heterocycles. The van der Waals surface area contributed by atoms with Gasteiger partial charge in [0.25, 0.3) is 0 Å². The Morgan fingerprint density at radius 1 is 1.57 bits per heavy atom. The Bertz CT molecular complexity index is 391. The quantitative estimate of drug-likeness (QED) is 0.785. The smallest absolute Gasteiger partial charge is 0.134 e. The predicted molar refractivity (Wildman–Crippen MR) is 51.8 cm³/mol. The van der Waals surface area contributed by atoms with E-state index in [4.69, 9.17) is 5.26 Å². The summed E-state index contributed by atoms with van der Waals surface area (Å²) in [6, 6.07) is 6.96. The second kappa shape index (κ2) is 4.43. The molecule has 72 valence electrons. The van der Waals surface area contributed by atoms with Gasteiger partial charge in [-0.25, -0.2) is 0 Å². The summed E-state index contributed by atoms with van der Waals surface area (Å²) in [6.07, 6.45) is 0.507. The van der Waals surface area contributed by atoms with Crippen molar-refractivity contribution in [3.8, 4) is 11.8 Å². The van der Waals surface area contributed by atoms with Crippen LogP contribution in [0.2, 0.25) is 0 Å². The van der Waals surface area contributed by atoms with Crippen molar-refractivity contribution < 1.29 is 9.90 Å². The highest BCUT2D eigenvalue weighted by Crippen LogP contribution is 2.19. The van der Waals surface area contributed by atoms with Gasteiger partial charge in [-0.3, -0.25) is 4.79 Å². The van der Waals surface area contributed by atoms with Gasteiger partial charge in [0.05, 0.1) is 12.5 Å². The number of aromatic hydroxyl groups is 1. The van der Waals surface area contributed by atoms with Crippen LogP contribution in [-0.2, 0) is 17.6 Å². The van der Waals surface area contributed by atoms with Gasteiger partial charge >= 0.3 is 0 Å². The fourth-order valence-electron chi connectivity index (χ4n) is 1.23. The molecule has 1 rings (SSSR count). The molecular weight excluding hydrogens is 178 g/mol. The lowest BCUT2D eigenvalue weighted by atomic mass is 10.0. The van der Waals surface area contributed by atoms with Crippen molar-refractivity contribution in [2.45, 2.75) is 19.8 Å². The van der Waals surface area contributed by atoms with Gasteiger partial charge < -0.3 is 5.11 Å². The number of phenolic OH excluding ortho intramolecular Hbond substituents is 1. The number of hydrogen-bond donors (Lipinski definition) is 1. The highest BCUT2D eigenvalue weighted by molar-refractivity contribution is 5.78. The van der Waals surface area contributed by atoms with Crippen molar-refractivity contribution >= 4 is 5.78 Å². The van der Waals surface area contributed by atoms with Crippen molar-refractivity contribution in [1.82, 2.24) is 0 Å². The van der Waals surface area contributed by atoms with E-state index in [0.29, 0.717) is 5.56 Å². The summed E-state index contributed by atoms with van der Waals surface area (Å²) in [7, 11) is 0. The molecule has 0 amide bonds. The number of nitriles is 1. The standard InChI is InChI=1S/C11H11NO2/c1-8(13)6-10-3-2-9(4-5-12)7-11(10)14/h2-3,7,14H,4,6H2,1H3. The molecule has 0 aromatic heterocycles. The fourth-order valence-corrected chi connectivity index (χ4v) is 1.23. The van der Waals surface area contributed by atoms with Gasteiger partial charge in [-0.15, -0.1) is 0 Å². The first kappa shape index (κ1) is 10.3. The van der Waals surface area contributed by atoms with Crippen molar-refractivity contribution in [2.75, 3.05) is 0 Å². The number of Topliss-reactive ketones (excluding diaryl/α,β-unsaturated/α-hetero) is 1. The molecule has 0 aliphatic heterocycles. The van der Waals surface area contributed by atoms with Crippen LogP contribution in [0.5, 0.6) is 5.75 Å². The third-order valence-electron chi connectivity index (χ3n) is 1.87. The van der Waals surface area contributed by atoms with Crippen molar-refractivity contribution in [3.63, 3.8) is 0 Å². The zero-order valence-corrected chi connectivity index (χ0v) is 7.95. The maximum Gasteiger partial charge on any atom is 0.134 e. The van der Waals surface area contributed by atoms with E-state index < -0.39 is 0 Å². The van der Waals surface area contributed by atoms with Crippen LogP contribution >= 0.6 is 0 Å². The highest BCUT2D eigenvalue weighted by atomic mass is 16.3. The molecular formula is C11H11NO2. The summed E-state index contributed by atoms with van der Waals surface area (Å²) >= 11 is 0. The summed E-state index contributed by atoms with van der Waals surface area (Å²) < 4.78 is 0. The lowest BCUT2D eigenvalue weighted by Crippen LogP contribution is -1.97. The Morgan fingerprint density at radius 3 is 2.79 bits per heavy atom. The summed E-state index contributed by atoms with van der Waals surface area (Å²) in [5.41, 5.74) is 1.37. The van der Waals surface area contributed by atoms with E-state index >= 15 is 0 Å². The highest BCUT2D eigenvalue weighted by Gasteiger charge is 2.04. The van der Waals surface area contributed by atoms with Crippen molar-refractivity contribution in [1.29, 1.82) is 5.26 Å². The molecule has 1 N–H and O–H groups in total. The zero-order chi connectivity index (χ0) is 10.6. The average molecular weight is 189 g/mol. The summed E-state index contributed by atoms with van der Waals surface area (Å²) in [5, 5.41) is 17.9. The molecule has 0 spiro atoms. The number of rotatable bonds is 3. The summed E-state index contributed by atoms with van der Waals surface area (Å²) in [5.74, 6) is 0.0984. The van der Waals surface area contributed by atoms with Crippen LogP contribution in [0.25, 0.3) is 0 Å². The molecule has 0 unspecified atom stereocenters. The van der Waals surface area contributed by atoms with Crippen LogP contribution in [0.1, 0.15) is 18.1 Å². The summed E-state index contributed by atoms with van der Waals surface area (Å²) in [4.78, 5) is 10.8. The lowest BCUT2D eigenvalue weighted by Gasteiger charge is -2.03. The second-order valence-corrected chi connectivity index (χ2v) is 3.18. The largest absolute Gasteiger partial charge is 0.508 e. The normalized spacial score (nSPS) is 9.43. The molecule has 0 saturated carbocycles. The van der Waals surface area contributed by atoms with Crippen LogP contribution in [0.3, 0.4) is 0 Å². The maximum atomic E-state index is 10.8. The van der Waals surface area contributed by atoms with Gasteiger partial charge in [0, 0.05) is 12.0 Å². The van der Waals surface area contributed by atoms with E-state index in [1.54, 1.807) is 12.1 Å². The third kappa shape index (κ3) is 2.60. The zero-order valence-electron chi connectivity index (χ0n) is 7.95. The number of phenols is 1. The van der Waals surface area contributed by atoms with Crippen LogP contribution in [0, 0.1) is 11.3 Å². The minimum Gasteiger partial charge on any atom is -0.508 e. The first-order valence-electron chi connectivity index (χ1n) is 4.30. The van der Waals surface area contributed by atoms with E-state index in [2.05, 4.69) is 0 Å². The van der Waals surface area contributed by atoms with Crippen LogP contribution in [0.15, 0.2) is 18.2 Å². The van der Waals surface area contributed by atoms with Gasteiger partial charge in [0.1, 0.15) is 11.5 Å². The number of benzene rings is 1. The van der Waals surface area contributed by atoms with Crippen LogP contribution < -0.4 is 0 Å². The van der Waals surface area contributed by atoms with E-state index in [1.807, 2.05) is 6.07 Å². The molecule has 1 aromatic carbocycles. The molecule has 14 heavy (non-hydrogen) atoms. The molecule has 0 fully saturated rings. The average Bonchev–Trinajstić information content (AvgIpc) is 2.10. The maximum absolute atomic E-state index is 10.8. The summed E-state index contributed by atoms with van der Waals surface area (Å²) in [6.45, 7) is 1.47. The Kier molecular flexibility index (Phi) is 3.24. The van der Waals surface area contributed by atoms with E-state index in [0.717, 1.165) is 5.56 Å². The Balaban J connectivity index is 2.90. The monoisotopic (exact) mass is 189 g/mol. The topological polar surface area (TPSA) is 61.1 Å². The molecule has 0 saturated heterocycles. The molecule has 3 heteroatoms. The number of nitrogens with zero attached hydrogens (tertiary/aromatic N) is 1. The van der Waals surface area contributed by atoms with Gasteiger partial charge in [0.2, 0.25) is 0 Å². The van der Waals surface area contributed by atoms with Crippen LogP contribution in [-0.4, -0.2) is 10.9 Å². The molecule has 0 aliphatic rings. The number of carbonyl (C=O) groups excluding carboxylic acids is 1. The van der Waals surface area contributed by atoms with Crippen molar-refractivity contribution in [3.05, 3.63) is 29.3 Å². The Labute approximate surface area is 82.6 Å². The number of ketones is 1. The predicted octanol–water partition coefficient (Wildman–Crippen LogP) is 1.59. The second-order valence-electron chi connectivity index (χ2n) is 3.18. The third-order valence-corrected chi connectivity index (χ3v) is 1.87. The van der Waals surface area contributed by atoms with Gasteiger partial charge in [0.15, 0.2) is 0 Å². The fraction of sp³-hybridized carbons (Fsp3) is 0.273.